The number of aromatic nitrogens is 1. The third kappa shape index (κ3) is 3.82. The second-order valence-electron chi connectivity index (χ2n) is 6.16. The molecule has 0 radical (unpaired) electrons. The lowest BCUT2D eigenvalue weighted by molar-refractivity contribution is 0.112. The van der Waals surface area contributed by atoms with Crippen LogP contribution < -0.4 is 0 Å². The SMILES string of the molecule is C[Si](C)(C)CCOC(=O)n1cc(C=O)c2ccc(Br)cc21. The minimum Gasteiger partial charge on any atom is -0.449 e. The lowest BCUT2D eigenvalue weighted by Crippen LogP contribution is -2.23. The van der Waals surface area contributed by atoms with Crippen LogP contribution >= 0.6 is 15.9 Å². The lowest BCUT2D eigenvalue weighted by atomic mass is 10.2. The van der Waals surface area contributed by atoms with E-state index in [-0.39, 0.29) is 0 Å². The van der Waals surface area contributed by atoms with Gasteiger partial charge in [0.15, 0.2) is 6.29 Å². The maximum Gasteiger partial charge on any atom is 0.418 e. The predicted molar refractivity (Wildman–Crippen MR) is 89.9 cm³/mol. The van der Waals surface area contributed by atoms with Crippen molar-refractivity contribution >= 4 is 47.3 Å². The molecule has 112 valence electrons. The third-order valence-electron chi connectivity index (χ3n) is 3.20. The van der Waals surface area contributed by atoms with Crippen molar-refractivity contribution in [2.75, 3.05) is 6.61 Å². The topological polar surface area (TPSA) is 48.3 Å². The predicted octanol–water partition coefficient (Wildman–Crippen LogP) is 4.54. The summed E-state index contributed by atoms with van der Waals surface area (Å²) in [6.45, 7) is 7.10. The van der Waals surface area contributed by atoms with E-state index in [0.717, 1.165) is 22.2 Å². The van der Waals surface area contributed by atoms with Gasteiger partial charge in [-0.25, -0.2) is 4.79 Å². The zero-order chi connectivity index (χ0) is 15.6. The van der Waals surface area contributed by atoms with Gasteiger partial charge in [0.1, 0.15) is 0 Å². The normalized spacial score (nSPS) is 11.6. The molecule has 0 atom stereocenters. The monoisotopic (exact) mass is 367 g/mol. The molecule has 6 heteroatoms. The fraction of sp³-hybridized carbons (Fsp3) is 0.333. The van der Waals surface area contributed by atoms with Gasteiger partial charge in [0.25, 0.3) is 0 Å². The van der Waals surface area contributed by atoms with E-state index in [1.165, 1.54) is 10.8 Å². The molecule has 2 aromatic rings. The first kappa shape index (κ1) is 16.0. The molecule has 0 fully saturated rings. The minimum atomic E-state index is -1.24. The standard InChI is InChI=1S/C15H18BrNO3Si/c1-21(2,3)7-6-20-15(19)17-9-11(10-18)13-5-4-12(16)8-14(13)17/h4-5,8-10H,6-7H2,1-3H3. The number of nitrogens with zero attached hydrogens (tertiary/aromatic N) is 1. The Morgan fingerprint density at radius 1 is 1.38 bits per heavy atom. The molecule has 0 spiro atoms. The van der Waals surface area contributed by atoms with E-state index in [1.807, 2.05) is 18.2 Å². The van der Waals surface area contributed by atoms with Gasteiger partial charge in [0.05, 0.1) is 12.1 Å². The molecule has 2 rings (SSSR count). The summed E-state index contributed by atoms with van der Waals surface area (Å²) in [6.07, 6.45) is 1.84. The number of rotatable bonds is 4. The van der Waals surface area contributed by atoms with Crippen molar-refractivity contribution in [2.45, 2.75) is 25.7 Å². The summed E-state index contributed by atoms with van der Waals surface area (Å²) in [6, 6.07) is 6.38. The molecule has 0 aliphatic heterocycles. The molecular weight excluding hydrogens is 350 g/mol. The van der Waals surface area contributed by atoms with Crippen LogP contribution in [0.25, 0.3) is 10.9 Å². The zero-order valence-electron chi connectivity index (χ0n) is 12.4. The summed E-state index contributed by atoms with van der Waals surface area (Å²) in [5.74, 6) is 0. The van der Waals surface area contributed by atoms with Crippen molar-refractivity contribution in [2.24, 2.45) is 0 Å². The molecule has 1 aromatic heterocycles. The lowest BCUT2D eigenvalue weighted by Gasteiger charge is -2.15. The molecule has 4 nitrogen and oxygen atoms in total. The Hall–Kier alpha value is -1.40. The van der Waals surface area contributed by atoms with Gasteiger partial charge in [0.2, 0.25) is 0 Å². The minimum absolute atomic E-state index is 0.415. The van der Waals surface area contributed by atoms with E-state index in [4.69, 9.17) is 4.74 Å². The van der Waals surface area contributed by atoms with E-state index in [0.29, 0.717) is 17.7 Å². The smallest absolute Gasteiger partial charge is 0.418 e. The van der Waals surface area contributed by atoms with Crippen molar-refractivity contribution in [3.63, 3.8) is 0 Å². The molecule has 0 amide bonds. The fourth-order valence-electron chi connectivity index (χ4n) is 1.99. The average molecular weight is 368 g/mol. The third-order valence-corrected chi connectivity index (χ3v) is 5.40. The number of fused-ring (bicyclic) bond motifs is 1. The average Bonchev–Trinajstić information content (AvgIpc) is 2.75. The number of halogens is 1. The van der Waals surface area contributed by atoms with E-state index in [1.54, 1.807) is 0 Å². The van der Waals surface area contributed by atoms with E-state index >= 15 is 0 Å². The molecule has 0 N–H and O–H groups in total. The summed E-state index contributed by atoms with van der Waals surface area (Å²) < 4.78 is 7.58. The van der Waals surface area contributed by atoms with Gasteiger partial charge in [-0.05, 0) is 18.2 Å². The Balaban J connectivity index is 2.26. The Morgan fingerprint density at radius 2 is 2.10 bits per heavy atom. The Kier molecular flexibility index (Phi) is 4.68. The Morgan fingerprint density at radius 3 is 2.71 bits per heavy atom. The molecule has 0 bridgehead atoms. The zero-order valence-corrected chi connectivity index (χ0v) is 14.9. The first-order valence-electron chi connectivity index (χ1n) is 6.75. The molecular formula is C15H18BrNO3Si. The summed E-state index contributed by atoms with van der Waals surface area (Å²) in [4.78, 5) is 23.3. The second kappa shape index (κ2) is 6.15. The summed E-state index contributed by atoms with van der Waals surface area (Å²) >= 11 is 3.38. The first-order chi connectivity index (χ1) is 9.81. The van der Waals surface area contributed by atoms with Crippen LogP contribution in [0.4, 0.5) is 4.79 Å². The van der Waals surface area contributed by atoms with Gasteiger partial charge in [-0.2, -0.15) is 0 Å². The van der Waals surface area contributed by atoms with Gasteiger partial charge >= 0.3 is 6.09 Å². The highest BCUT2D eigenvalue weighted by Gasteiger charge is 2.17. The van der Waals surface area contributed by atoms with E-state index < -0.39 is 14.2 Å². The number of ether oxygens (including phenoxy) is 1. The van der Waals surface area contributed by atoms with Crippen LogP contribution in [-0.2, 0) is 4.74 Å². The van der Waals surface area contributed by atoms with E-state index in [9.17, 15) is 9.59 Å². The van der Waals surface area contributed by atoms with Gasteiger partial charge in [-0.1, -0.05) is 41.6 Å². The van der Waals surface area contributed by atoms with Crippen LogP contribution in [0.3, 0.4) is 0 Å². The fourth-order valence-corrected chi connectivity index (χ4v) is 3.05. The largest absolute Gasteiger partial charge is 0.449 e. The molecule has 0 saturated heterocycles. The molecule has 0 aliphatic carbocycles. The number of carbonyl (C=O) groups excluding carboxylic acids is 2. The van der Waals surface area contributed by atoms with Gasteiger partial charge in [-0.15, -0.1) is 0 Å². The maximum absolute atomic E-state index is 12.2. The van der Waals surface area contributed by atoms with Crippen LogP contribution in [0.5, 0.6) is 0 Å². The second-order valence-corrected chi connectivity index (χ2v) is 12.7. The number of hydrogen-bond donors (Lipinski definition) is 0. The number of aldehydes is 1. The van der Waals surface area contributed by atoms with Crippen LogP contribution in [0.1, 0.15) is 10.4 Å². The van der Waals surface area contributed by atoms with Crippen LogP contribution in [-0.4, -0.2) is 31.6 Å². The van der Waals surface area contributed by atoms with Gasteiger partial charge < -0.3 is 4.74 Å². The first-order valence-corrected chi connectivity index (χ1v) is 11.2. The van der Waals surface area contributed by atoms with Crippen molar-refractivity contribution in [1.29, 1.82) is 0 Å². The highest BCUT2D eigenvalue weighted by Crippen LogP contribution is 2.24. The molecule has 1 heterocycles. The highest BCUT2D eigenvalue weighted by molar-refractivity contribution is 9.10. The van der Waals surface area contributed by atoms with Crippen LogP contribution in [0.2, 0.25) is 25.7 Å². The molecule has 0 aliphatic rings. The summed E-state index contributed by atoms with van der Waals surface area (Å²) in [5, 5.41) is 0.746. The van der Waals surface area contributed by atoms with Gasteiger partial charge in [-0.3, -0.25) is 9.36 Å². The van der Waals surface area contributed by atoms with Crippen molar-refractivity contribution in [1.82, 2.24) is 4.57 Å². The molecule has 1 aromatic carbocycles. The van der Waals surface area contributed by atoms with Crippen molar-refractivity contribution in [3.8, 4) is 0 Å². The highest BCUT2D eigenvalue weighted by atomic mass is 79.9. The quantitative estimate of drug-likeness (QED) is 0.588. The maximum atomic E-state index is 12.2. The summed E-state index contributed by atoms with van der Waals surface area (Å²) in [5.41, 5.74) is 1.16. The van der Waals surface area contributed by atoms with E-state index in [2.05, 4.69) is 35.6 Å². The molecule has 0 saturated carbocycles. The van der Waals surface area contributed by atoms with Crippen molar-refractivity contribution in [3.05, 3.63) is 34.4 Å². The Labute approximate surface area is 133 Å². The van der Waals surface area contributed by atoms with Crippen LogP contribution in [0.15, 0.2) is 28.9 Å². The van der Waals surface area contributed by atoms with Crippen molar-refractivity contribution < 1.29 is 14.3 Å². The number of hydrogen-bond acceptors (Lipinski definition) is 3. The van der Waals surface area contributed by atoms with Gasteiger partial charge in [0, 0.05) is 29.7 Å². The Bertz CT molecular complexity index is 688. The number of carbonyl (C=O) groups is 2. The van der Waals surface area contributed by atoms with Crippen LogP contribution in [0, 0.1) is 0 Å². The summed E-state index contributed by atoms with van der Waals surface area (Å²) in [7, 11) is -1.24. The molecule has 0 unspecified atom stereocenters. The molecule has 21 heavy (non-hydrogen) atoms. The number of benzene rings is 1.